The first-order valence-corrected chi connectivity index (χ1v) is 7.05. The van der Waals surface area contributed by atoms with Gasteiger partial charge < -0.3 is 4.55 Å². The van der Waals surface area contributed by atoms with Crippen molar-refractivity contribution in [3.63, 3.8) is 0 Å². The SMILES string of the molecule is CC(=O)C[S+](C)C.O=S(=O)([O-])C(F)(F)F. The summed E-state index contributed by atoms with van der Waals surface area (Å²) in [7, 11) is -5.79. The van der Waals surface area contributed by atoms with Gasteiger partial charge in [-0.1, -0.05) is 0 Å². The molecule has 92 valence electrons. The second kappa shape index (κ2) is 6.33. The number of hydrogen-bond donors (Lipinski definition) is 0. The average Bonchev–Trinajstić information content (AvgIpc) is 1.78. The molecule has 0 atom stereocenters. The lowest BCUT2D eigenvalue weighted by Gasteiger charge is -2.08. The Hall–Kier alpha value is -0.280. The van der Waals surface area contributed by atoms with Crippen molar-refractivity contribution in [3.05, 3.63) is 0 Å². The van der Waals surface area contributed by atoms with Gasteiger partial charge in [0.15, 0.2) is 21.7 Å². The van der Waals surface area contributed by atoms with Gasteiger partial charge in [0.1, 0.15) is 0 Å². The van der Waals surface area contributed by atoms with Crippen molar-refractivity contribution in [2.75, 3.05) is 18.3 Å². The first kappa shape index (κ1) is 17.1. The zero-order valence-corrected chi connectivity index (χ0v) is 9.92. The molecule has 0 fully saturated rings. The minimum Gasteiger partial charge on any atom is -0.741 e. The molecule has 0 radical (unpaired) electrons. The Morgan fingerprint density at radius 2 is 1.60 bits per heavy atom. The van der Waals surface area contributed by atoms with Crippen LogP contribution < -0.4 is 0 Å². The molecule has 0 unspecified atom stereocenters. The molecule has 0 aromatic rings. The molecule has 9 heteroatoms. The van der Waals surface area contributed by atoms with E-state index in [0.29, 0.717) is 16.7 Å². The number of halogens is 3. The van der Waals surface area contributed by atoms with Crippen LogP contribution in [-0.4, -0.2) is 42.5 Å². The number of hydrogen-bond acceptors (Lipinski definition) is 4. The lowest BCUT2D eigenvalue weighted by molar-refractivity contribution is -0.114. The molecule has 0 N–H and O–H groups in total. The predicted octanol–water partition coefficient (Wildman–Crippen LogP) is 0.505. The topological polar surface area (TPSA) is 74.3 Å². The minimum atomic E-state index is -6.09. The van der Waals surface area contributed by atoms with Gasteiger partial charge in [-0.3, -0.25) is 4.79 Å². The molecule has 15 heavy (non-hydrogen) atoms. The summed E-state index contributed by atoms with van der Waals surface area (Å²) in [6.45, 7) is 1.63. The lowest BCUT2D eigenvalue weighted by atomic mass is 10.5. The summed E-state index contributed by atoms with van der Waals surface area (Å²) in [5.74, 6) is 1.05. The molecule has 0 heterocycles. The largest absolute Gasteiger partial charge is 0.741 e. The van der Waals surface area contributed by atoms with Gasteiger partial charge in [-0.05, 0) is 17.8 Å². The molecule has 0 spiro atoms. The number of carbonyl (C=O) groups excluding carboxylic acids is 1. The van der Waals surface area contributed by atoms with Crippen LogP contribution in [0, 0.1) is 0 Å². The van der Waals surface area contributed by atoms with E-state index < -0.39 is 15.6 Å². The molecule has 0 aromatic carbocycles. The van der Waals surface area contributed by atoms with Crippen LogP contribution >= 0.6 is 0 Å². The highest BCUT2D eigenvalue weighted by Crippen LogP contribution is 2.20. The van der Waals surface area contributed by atoms with Gasteiger partial charge in [0.05, 0.1) is 12.5 Å². The molecule has 0 aliphatic carbocycles. The van der Waals surface area contributed by atoms with E-state index in [1.54, 1.807) is 6.92 Å². The first-order chi connectivity index (χ1) is 6.38. The van der Waals surface area contributed by atoms with Crippen LogP contribution in [0.1, 0.15) is 6.92 Å². The molecule has 0 amide bonds. The quantitative estimate of drug-likeness (QED) is 0.415. The molecule has 0 saturated carbocycles. The van der Waals surface area contributed by atoms with E-state index in [1.807, 2.05) is 0 Å². The van der Waals surface area contributed by atoms with Crippen LogP contribution in [0.4, 0.5) is 13.2 Å². The van der Waals surface area contributed by atoms with Crippen LogP contribution in [0.25, 0.3) is 0 Å². The van der Waals surface area contributed by atoms with E-state index in [2.05, 4.69) is 12.5 Å². The summed E-state index contributed by atoms with van der Waals surface area (Å²) < 4.78 is 58.9. The Morgan fingerprint density at radius 1 is 1.33 bits per heavy atom. The summed E-state index contributed by atoms with van der Waals surface area (Å²) in [6.07, 6.45) is 4.14. The summed E-state index contributed by atoms with van der Waals surface area (Å²) in [5, 5.41) is 0. The number of carbonyl (C=O) groups is 1. The summed E-state index contributed by atoms with van der Waals surface area (Å²) in [5.41, 5.74) is -5.65. The molecular formula is C6H11F3O4S2. The standard InChI is InChI=1S/C5H11OS.CHF3O3S/c1-5(6)4-7(2)3;2-1(3,4)8(5,6)7/h4H2,1-3H3;(H,5,6,7)/q+1;/p-1. The van der Waals surface area contributed by atoms with Gasteiger partial charge >= 0.3 is 5.51 Å². The third kappa shape index (κ3) is 11.6. The van der Waals surface area contributed by atoms with Crippen molar-refractivity contribution in [1.82, 2.24) is 0 Å². The van der Waals surface area contributed by atoms with Crippen molar-refractivity contribution in [1.29, 1.82) is 0 Å². The summed E-state index contributed by atoms with van der Waals surface area (Å²) >= 11 is 0. The van der Waals surface area contributed by atoms with Crippen LogP contribution in [-0.2, 0) is 25.8 Å². The molecule has 0 bridgehead atoms. The maximum atomic E-state index is 10.7. The van der Waals surface area contributed by atoms with E-state index in [9.17, 15) is 18.0 Å². The zero-order chi connectivity index (χ0) is 12.9. The number of alkyl halides is 3. The van der Waals surface area contributed by atoms with Gasteiger partial charge in [-0.15, -0.1) is 0 Å². The van der Waals surface area contributed by atoms with E-state index in [0.717, 1.165) is 5.75 Å². The number of rotatable bonds is 2. The van der Waals surface area contributed by atoms with Crippen molar-refractivity contribution < 1.29 is 30.9 Å². The molecule has 0 aliphatic rings. The van der Waals surface area contributed by atoms with Crippen molar-refractivity contribution in [2.24, 2.45) is 0 Å². The van der Waals surface area contributed by atoms with Gasteiger partial charge in [0.25, 0.3) is 0 Å². The maximum absolute atomic E-state index is 10.7. The van der Waals surface area contributed by atoms with E-state index in [4.69, 9.17) is 13.0 Å². The highest BCUT2D eigenvalue weighted by atomic mass is 32.2. The van der Waals surface area contributed by atoms with Crippen LogP contribution in [0.3, 0.4) is 0 Å². The Balaban J connectivity index is 0. The lowest BCUT2D eigenvalue weighted by Crippen LogP contribution is -2.21. The van der Waals surface area contributed by atoms with Gasteiger partial charge in [0, 0.05) is 0 Å². The molecule has 4 nitrogen and oxygen atoms in total. The fourth-order valence-electron chi connectivity index (χ4n) is 0.407. The second-order valence-electron chi connectivity index (χ2n) is 2.73. The molecule has 0 saturated heterocycles. The molecular weight excluding hydrogens is 257 g/mol. The third-order valence-electron chi connectivity index (χ3n) is 0.775. The maximum Gasteiger partial charge on any atom is 0.485 e. The van der Waals surface area contributed by atoms with Crippen LogP contribution in [0.15, 0.2) is 0 Å². The smallest absolute Gasteiger partial charge is 0.485 e. The molecule has 0 rings (SSSR count). The minimum absolute atomic E-state index is 0.299. The highest BCUT2D eigenvalue weighted by Gasteiger charge is 2.36. The Morgan fingerprint density at radius 3 is 1.60 bits per heavy atom. The Kier molecular flexibility index (Phi) is 7.23. The van der Waals surface area contributed by atoms with Crippen LogP contribution in [0.5, 0.6) is 0 Å². The first-order valence-electron chi connectivity index (χ1n) is 3.43. The summed E-state index contributed by atoms with van der Waals surface area (Å²) in [4.78, 5) is 10.3. The predicted molar refractivity (Wildman–Crippen MR) is 50.5 cm³/mol. The van der Waals surface area contributed by atoms with Crippen LogP contribution in [0.2, 0.25) is 0 Å². The third-order valence-corrected chi connectivity index (χ3v) is 2.33. The van der Waals surface area contributed by atoms with Crippen molar-refractivity contribution in [3.8, 4) is 0 Å². The van der Waals surface area contributed by atoms with Crippen molar-refractivity contribution >= 4 is 26.8 Å². The highest BCUT2D eigenvalue weighted by molar-refractivity contribution is 7.96. The molecule has 0 aromatic heterocycles. The fraction of sp³-hybridized carbons (Fsp3) is 0.833. The normalized spacial score (nSPS) is 12.0. The Labute approximate surface area is 88.9 Å². The Bertz CT molecular complexity index is 294. The summed E-state index contributed by atoms with van der Waals surface area (Å²) in [6, 6.07) is 0. The van der Waals surface area contributed by atoms with E-state index >= 15 is 0 Å². The second-order valence-corrected chi connectivity index (χ2v) is 6.36. The van der Waals surface area contributed by atoms with E-state index in [1.165, 1.54) is 0 Å². The number of ketones is 1. The zero-order valence-electron chi connectivity index (χ0n) is 8.29. The monoisotopic (exact) mass is 268 g/mol. The van der Waals surface area contributed by atoms with Gasteiger partial charge in [0.2, 0.25) is 0 Å². The number of Topliss-reactive ketones (excluding diaryl/α,β-unsaturated/α-hetero) is 1. The molecule has 0 aliphatic heterocycles. The van der Waals surface area contributed by atoms with Gasteiger partial charge in [-0.25, -0.2) is 8.42 Å². The average molecular weight is 268 g/mol. The van der Waals surface area contributed by atoms with Gasteiger partial charge in [-0.2, -0.15) is 13.2 Å². The van der Waals surface area contributed by atoms with E-state index in [-0.39, 0.29) is 0 Å². The van der Waals surface area contributed by atoms with Crippen molar-refractivity contribution in [2.45, 2.75) is 12.4 Å². The fourth-order valence-corrected chi connectivity index (χ4v) is 1.22.